The molecule has 0 saturated heterocycles. The van der Waals surface area contributed by atoms with Gasteiger partial charge >= 0.3 is 0 Å². The fourth-order valence-corrected chi connectivity index (χ4v) is 5.97. The number of rotatable bonds is 6. The topological polar surface area (TPSA) is 108 Å². The predicted octanol–water partition coefficient (Wildman–Crippen LogP) is 3.27. The van der Waals surface area contributed by atoms with Crippen LogP contribution in [0.1, 0.15) is 29.4 Å². The van der Waals surface area contributed by atoms with Gasteiger partial charge in [0.05, 0.1) is 18.5 Å². The van der Waals surface area contributed by atoms with Crippen LogP contribution in [0.5, 0.6) is 0 Å². The van der Waals surface area contributed by atoms with E-state index in [-0.39, 0.29) is 17.3 Å². The van der Waals surface area contributed by atoms with Crippen molar-refractivity contribution in [2.45, 2.75) is 31.2 Å². The Bertz CT molecular complexity index is 1640. The first kappa shape index (κ1) is 25.6. The van der Waals surface area contributed by atoms with Gasteiger partial charge in [0.15, 0.2) is 28.6 Å². The number of imidazole rings is 1. The molecule has 0 radical (unpaired) electrons. The van der Waals surface area contributed by atoms with Crippen molar-refractivity contribution in [1.29, 1.82) is 0 Å². The van der Waals surface area contributed by atoms with Crippen LogP contribution in [-0.2, 0) is 6.54 Å². The molecule has 8 nitrogen and oxygen atoms in total. The van der Waals surface area contributed by atoms with Crippen LogP contribution in [0.2, 0.25) is 5.02 Å². The summed E-state index contributed by atoms with van der Waals surface area (Å²) in [4.78, 5) is 13.7. The number of hydrogen-bond donors (Lipinski definition) is 4. The number of halogens is 3. The highest BCUT2D eigenvalue weighted by Crippen LogP contribution is 2.67. The fraction of sp³-hybridized carbons (Fsp3) is 0.321. The van der Waals surface area contributed by atoms with Gasteiger partial charge in [-0.05, 0) is 61.2 Å². The summed E-state index contributed by atoms with van der Waals surface area (Å²) >= 11 is 6.13. The summed E-state index contributed by atoms with van der Waals surface area (Å²) in [6.07, 6.45) is 0.492. The molecule has 200 valence electrons. The van der Waals surface area contributed by atoms with Crippen LogP contribution in [0, 0.1) is 34.8 Å². The van der Waals surface area contributed by atoms with Crippen molar-refractivity contribution in [3.05, 3.63) is 82.4 Å². The lowest BCUT2D eigenvalue weighted by Crippen LogP contribution is -2.37. The highest BCUT2D eigenvalue weighted by Gasteiger charge is 2.71. The largest absolute Gasteiger partial charge is 0.390 e. The van der Waals surface area contributed by atoms with E-state index in [4.69, 9.17) is 11.6 Å². The molecule has 5 atom stereocenters. The summed E-state index contributed by atoms with van der Waals surface area (Å²) < 4.78 is 28.8. The minimum atomic E-state index is -0.997. The smallest absolute Gasteiger partial charge is 0.209 e. The van der Waals surface area contributed by atoms with Gasteiger partial charge in [-0.25, -0.2) is 23.7 Å². The molecule has 0 unspecified atom stereocenters. The van der Waals surface area contributed by atoms with Crippen molar-refractivity contribution >= 4 is 28.6 Å². The maximum absolute atomic E-state index is 13.7. The summed E-state index contributed by atoms with van der Waals surface area (Å²) in [5.41, 5.74) is 1.71. The molecule has 0 bridgehead atoms. The number of nitrogens with one attached hydrogen (secondary N) is 2. The number of aliphatic hydroxyl groups excluding tert-OH is 2. The lowest BCUT2D eigenvalue weighted by atomic mass is 9.99. The van der Waals surface area contributed by atoms with E-state index in [2.05, 4.69) is 37.4 Å². The average Bonchev–Trinajstić information content (AvgIpc) is 3.41. The number of aliphatic hydroxyl groups is 2. The van der Waals surface area contributed by atoms with Gasteiger partial charge in [-0.2, -0.15) is 0 Å². The molecule has 0 amide bonds. The van der Waals surface area contributed by atoms with Gasteiger partial charge < -0.3 is 25.4 Å². The third-order valence-electron chi connectivity index (χ3n) is 7.69. The number of aromatic nitrogens is 4. The van der Waals surface area contributed by atoms with Crippen LogP contribution < -0.4 is 10.6 Å². The molecule has 2 aromatic carbocycles. The van der Waals surface area contributed by atoms with E-state index in [0.29, 0.717) is 35.1 Å². The van der Waals surface area contributed by atoms with Crippen molar-refractivity contribution in [3.63, 3.8) is 0 Å². The zero-order chi connectivity index (χ0) is 27.3. The minimum Gasteiger partial charge on any atom is -0.390 e. The van der Waals surface area contributed by atoms with Gasteiger partial charge in [0.2, 0.25) is 5.82 Å². The monoisotopic (exact) mass is 550 g/mol. The second-order valence-electron chi connectivity index (χ2n) is 10.1. The first-order chi connectivity index (χ1) is 18.8. The Kier molecular flexibility index (Phi) is 6.47. The van der Waals surface area contributed by atoms with E-state index in [1.807, 2.05) is 25.2 Å². The Morgan fingerprint density at radius 1 is 1.13 bits per heavy atom. The van der Waals surface area contributed by atoms with Crippen LogP contribution in [0.3, 0.4) is 0 Å². The molecule has 2 heterocycles. The van der Waals surface area contributed by atoms with Gasteiger partial charge in [0.1, 0.15) is 6.10 Å². The molecule has 2 aromatic heterocycles. The first-order valence-electron chi connectivity index (χ1n) is 12.5. The van der Waals surface area contributed by atoms with Crippen molar-refractivity contribution in [1.82, 2.24) is 24.8 Å². The fourth-order valence-electron chi connectivity index (χ4n) is 5.76. The average molecular weight is 551 g/mol. The molecule has 2 saturated carbocycles. The highest BCUT2D eigenvalue weighted by molar-refractivity contribution is 6.30. The number of nitrogens with zero attached hydrogens (tertiary/aromatic N) is 4. The van der Waals surface area contributed by atoms with Gasteiger partial charge in [0, 0.05) is 29.1 Å². The van der Waals surface area contributed by atoms with Crippen molar-refractivity contribution in [3.8, 4) is 11.8 Å². The molecular weight excluding hydrogens is 526 g/mol. The van der Waals surface area contributed by atoms with Crippen molar-refractivity contribution in [2.24, 2.45) is 11.3 Å². The van der Waals surface area contributed by atoms with Gasteiger partial charge in [-0.1, -0.05) is 29.7 Å². The molecule has 0 aliphatic heterocycles. The highest BCUT2D eigenvalue weighted by atomic mass is 35.5. The molecular formula is C28H25ClF2N6O2. The molecule has 39 heavy (non-hydrogen) atoms. The Hall–Kier alpha value is -3.62. The third-order valence-corrected chi connectivity index (χ3v) is 7.92. The van der Waals surface area contributed by atoms with Crippen molar-refractivity contribution in [2.75, 3.05) is 18.9 Å². The predicted molar refractivity (Wildman–Crippen MR) is 142 cm³/mol. The molecule has 2 aliphatic carbocycles. The lowest BCUT2D eigenvalue weighted by Gasteiger charge is -2.24. The van der Waals surface area contributed by atoms with Gasteiger partial charge in [-0.15, -0.1) is 0 Å². The van der Waals surface area contributed by atoms with Crippen LogP contribution >= 0.6 is 11.6 Å². The Morgan fingerprint density at radius 2 is 1.97 bits per heavy atom. The zero-order valence-electron chi connectivity index (χ0n) is 20.9. The third kappa shape index (κ3) is 4.51. The van der Waals surface area contributed by atoms with E-state index >= 15 is 0 Å². The van der Waals surface area contributed by atoms with Crippen LogP contribution in [0.25, 0.3) is 11.2 Å². The van der Waals surface area contributed by atoms with E-state index in [0.717, 1.165) is 24.1 Å². The van der Waals surface area contributed by atoms with Crippen LogP contribution in [0.4, 0.5) is 14.6 Å². The molecule has 4 aromatic rings. The number of fused-ring (bicyclic) bond motifs is 2. The second-order valence-corrected chi connectivity index (χ2v) is 10.5. The maximum Gasteiger partial charge on any atom is 0.209 e. The quantitative estimate of drug-likeness (QED) is 0.273. The SMILES string of the molecule is CNC[C@@]12C[C@@H]1[C@@H](n1cnc3c(NCc4cccc(Cl)c4)nc(C#Cc4ccc(F)c(F)c4)nc31)[C@H](O)[C@@H]2O. The molecule has 6 rings (SSSR count). The van der Waals surface area contributed by atoms with E-state index in [1.165, 1.54) is 6.07 Å². The number of anilines is 1. The molecule has 2 aliphatic rings. The number of hydrogen-bond acceptors (Lipinski definition) is 7. The summed E-state index contributed by atoms with van der Waals surface area (Å²) in [6.45, 7) is 0.986. The molecule has 4 N–H and O–H groups in total. The Balaban J connectivity index is 1.41. The minimum absolute atomic E-state index is 0.0434. The summed E-state index contributed by atoms with van der Waals surface area (Å²) in [7, 11) is 1.83. The summed E-state index contributed by atoms with van der Waals surface area (Å²) in [5, 5.41) is 28.9. The Morgan fingerprint density at radius 3 is 2.74 bits per heavy atom. The van der Waals surface area contributed by atoms with Gasteiger partial charge in [0.25, 0.3) is 0 Å². The first-order valence-corrected chi connectivity index (χ1v) is 12.9. The zero-order valence-corrected chi connectivity index (χ0v) is 21.6. The van der Waals surface area contributed by atoms with Crippen LogP contribution in [-0.4, -0.2) is 55.5 Å². The molecule has 0 spiro atoms. The van der Waals surface area contributed by atoms with Gasteiger partial charge in [-0.3, -0.25) is 0 Å². The Labute approximate surface area is 228 Å². The normalized spacial score (nSPS) is 25.3. The lowest BCUT2D eigenvalue weighted by molar-refractivity contribution is -0.0169. The standard InChI is InChI=1S/C28H25ClF2N6O2/c1-32-13-28-11-18(28)23(24(38)25(28)39)37-14-34-22-26(33-12-16-3-2-4-17(29)9-16)35-21(36-27(22)37)8-6-15-5-7-19(30)20(31)10-15/h2-5,7,9-10,14,18,23-25,32,38-39H,11-13H2,1H3,(H,33,35,36)/t18-,23-,24+,25+,28+/m1/s1. The molecule has 11 heteroatoms. The van der Waals surface area contributed by atoms with E-state index in [1.54, 1.807) is 17.0 Å². The number of benzene rings is 2. The second kappa shape index (κ2) is 9.84. The van der Waals surface area contributed by atoms with Crippen molar-refractivity contribution < 1.29 is 19.0 Å². The van der Waals surface area contributed by atoms with E-state index in [9.17, 15) is 19.0 Å². The van der Waals surface area contributed by atoms with Crippen LogP contribution in [0.15, 0.2) is 48.8 Å². The molecule has 2 fully saturated rings. The summed E-state index contributed by atoms with van der Waals surface area (Å²) in [5.74, 6) is 4.26. The van der Waals surface area contributed by atoms with E-state index < -0.39 is 35.3 Å². The maximum atomic E-state index is 13.7. The summed E-state index contributed by atoms with van der Waals surface area (Å²) in [6, 6.07) is 10.4.